The molecule has 0 aliphatic heterocycles. The van der Waals surface area contributed by atoms with Crippen molar-refractivity contribution in [2.24, 2.45) is 0 Å². The lowest BCUT2D eigenvalue weighted by Gasteiger charge is -2.30. The van der Waals surface area contributed by atoms with E-state index in [4.69, 9.17) is 9.47 Å². The summed E-state index contributed by atoms with van der Waals surface area (Å²) in [6.45, 7) is 8.16. The molecule has 0 saturated heterocycles. The Balaban J connectivity index is 2.99. The molecule has 0 amide bonds. The Hall–Kier alpha value is -1.26. The van der Waals surface area contributed by atoms with Crippen LogP contribution in [0.25, 0.3) is 0 Å². The lowest BCUT2D eigenvalue weighted by Crippen LogP contribution is -2.45. The van der Waals surface area contributed by atoms with Gasteiger partial charge in [0.25, 0.3) is 0 Å². The van der Waals surface area contributed by atoms with Gasteiger partial charge in [-0.1, -0.05) is 0 Å². The predicted octanol–water partition coefficient (Wildman–Crippen LogP) is 2.51. The number of methoxy groups -OCH3 is 2. The molecule has 0 unspecified atom stereocenters. The van der Waals surface area contributed by atoms with E-state index in [1.807, 2.05) is 19.1 Å². The summed E-state index contributed by atoms with van der Waals surface area (Å²) in [5, 5.41) is 13.8. The second kappa shape index (κ2) is 6.26. The van der Waals surface area contributed by atoms with Crippen molar-refractivity contribution in [3.63, 3.8) is 0 Å². The molecule has 0 aromatic heterocycles. The Kier molecular flexibility index (Phi) is 5.20. The highest BCUT2D eigenvalue weighted by Gasteiger charge is 2.24. The third-order valence-corrected chi connectivity index (χ3v) is 2.89. The predicted molar refractivity (Wildman–Crippen MR) is 76.9 cm³/mol. The minimum atomic E-state index is -0.663. The molecular weight excluding hydrogens is 242 g/mol. The number of hydrogen-bond donors (Lipinski definition) is 2. The van der Waals surface area contributed by atoms with Crippen LogP contribution in [0.15, 0.2) is 18.2 Å². The molecule has 4 heteroatoms. The average Bonchev–Trinajstić information content (AvgIpc) is 2.35. The van der Waals surface area contributed by atoms with Gasteiger partial charge in [-0.3, -0.25) is 0 Å². The Morgan fingerprint density at radius 3 is 2.26 bits per heavy atom. The van der Waals surface area contributed by atoms with E-state index in [9.17, 15) is 5.11 Å². The molecule has 2 N–H and O–H groups in total. The van der Waals surface area contributed by atoms with Crippen LogP contribution in [0, 0.1) is 0 Å². The molecule has 0 aliphatic rings. The first-order valence-electron chi connectivity index (χ1n) is 6.46. The molecule has 4 nitrogen and oxygen atoms in total. The fourth-order valence-corrected chi connectivity index (χ4v) is 2.10. The molecule has 0 heterocycles. The standard InChI is InChI=1S/C15H25NO3/c1-10(16-15(2,3)4)14(17)12-9-11(18-5)7-8-13(12)19-6/h7-10,14,16-17H,1-6H3/t10-,14+/m0/s1. The molecule has 0 fully saturated rings. The van der Waals surface area contributed by atoms with Gasteiger partial charge in [-0.05, 0) is 45.9 Å². The average molecular weight is 267 g/mol. The third kappa shape index (κ3) is 4.40. The highest BCUT2D eigenvalue weighted by molar-refractivity contribution is 5.42. The second-order valence-corrected chi connectivity index (χ2v) is 5.74. The van der Waals surface area contributed by atoms with Gasteiger partial charge in [-0.15, -0.1) is 0 Å². The molecule has 0 radical (unpaired) electrons. The summed E-state index contributed by atoms with van der Waals surface area (Å²) in [5.74, 6) is 1.37. The molecule has 108 valence electrons. The molecule has 0 bridgehead atoms. The van der Waals surface area contributed by atoms with Gasteiger partial charge in [-0.2, -0.15) is 0 Å². The van der Waals surface area contributed by atoms with Crippen LogP contribution in [0.4, 0.5) is 0 Å². The van der Waals surface area contributed by atoms with E-state index in [-0.39, 0.29) is 11.6 Å². The minimum absolute atomic E-state index is 0.0630. The number of hydrogen-bond acceptors (Lipinski definition) is 4. The van der Waals surface area contributed by atoms with E-state index in [1.54, 1.807) is 20.3 Å². The number of ether oxygens (including phenoxy) is 2. The molecule has 1 rings (SSSR count). The largest absolute Gasteiger partial charge is 0.497 e. The fraction of sp³-hybridized carbons (Fsp3) is 0.600. The molecule has 2 atom stereocenters. The fourth-order valence-electron chi connectivity index (χ4n) is 2.10. The van der Waals surface area contributed by atoms with Crippen LogP contribution in [-0.2, 0) is 0 Å². The zero-order valence-electron chi connectivity index (χ0n) is 12.7. The topological polar surface area (TPSA) is 50.7 Å². The lowest BCUT2D eigenvalue weighted by atomic mass is 9.99. The maximum Gasteiger partial charge on any atom is 0.124 e. The van der Waals surface area contributed by atoms with Gasteiger partial charge in [-0.25, -0.2) is 0 Å². The smallest absolute Gasteiger partial charge is 0.124 e. The van der Waals surface area contributed by atoms with Crippen LogP contribution in [0.2, 0.25) is 0 Å². The van der Waals surface area contributed by atoms with Gasteiger partial charge in [0, 0.05) is 17.1 Å². The molecule has 0 aliphatic carbocycles. The van der Waals surface area contributed by atoms with E-state index in [2.05, 4.69) is 26.1 Å². The van der Waals surface area contributed by atoms with Crippen LogP contribution in [0.3, 0.4) is 0 Å². The van der Waals surface area contributed by atoms with E-state index in [0.717, 1.165) is 5.56 Å². The van der Waals surface area contributed by atoms with Gasteiger partial charge in [0.2, 0.25) is 0 Å². The van der Waals surface area contributed by atoms with Gasteiger partial charge < -0.3 is 19.9 Å². The van der Waals surface area contributed by atoms with Gasteiger partial charge in [0.1, 0.15) is 11.5 Å². The Labute approximate surface area is 115 Å². The highest BCUT2D eigenvalue weighted by atomic mass is 16.5. The zero-order valence-corrected chi connectivity index (χ0v) is 12.7. The molecule has 19 heavy (non-hydrogen) atoms. The van der Waals surface area contributed by atoms with Crippen molar-refractivity contribution in [3.05, 3.63) is 23.8 Å². The van der Waals surface area contributed by atoms with Crippen molar-refractivity contribution in [2.45, 2.75) is 45.4 Å². The first kappa shape index (κ1) is 15.8. The summed E-state index contributed by atoms with van der Waals surface area (Å²) in [7, 11) is 3.20. The van der Waals surface area contributed by atoms with Crippen molar-refractivity contribution >= 4 is 0 Å². The normalized spacial score (nSPS) is 14.9. The number of aliphatic hydroxyl groups is 1. The number of nitrogens with one attached hydrogen (secondary N) is 1. The van der Waals surface area contributed by atoms with E-state index >= 15 is 0 Å². The molecule has 1 aromatic carbocycles. The van der Waals surface area contributed by atoms with Crippen LogP contribution in [0.5, 0.6) is 11.5 Å². The Morgan fingerprint density at radius 2 is 1.79 bits per heavy atom. The summed E-state index contributed by atoms with van der Waals surface area (Å²) in [6, 6.07) is 5.34. The summed E-state index contributed by atoms with van der Waals surface area (Å²) in [6.07, 6.45) is -0.663. The van der Waals surface area contributed by atoms with E-state index in [1.165, 1.54) is 0 Å². The summed E-state index contributed by atoms with van der Waals surface area (Å²) >= 11 is 0. The summed E-state index contributed by atoms with van der Waals surface area (Å²) in [5.41, 5.74) is 0.665. The van der Waals surface area contributed by atoms with E-state index in [0.29, 0.717) is 11.5 Å². The van der Waals surface area contributed by atoms with Crippen LogP contribution < -0.4 is 14.8 Å². The Morgan fingerprint density at radius 1 is 1.16 bits per heavy atom. The minimum Gasteiger partial charge on any atom is -0.497 e. The second-order valence-electron chi connectivity index (χ2n) is 5.74. The van der Waals surface area contributed by atoms with Crippen LogP contribution in [-0.4, -0.2) is 30.9 Å². The molecular formula is C15H25NO3. The molecule has 1 aromatic rings. The third-order valence-electron chi connectivity index (χ3n) is 2.89. The van der Waals surface area contributed by atoms with Gasteiger partial charge in [0.05, 0.1) is 20.3 Å². The van der Waals surface area contributed by atoms with Gasteiger partial charge in [0.15, 0.2) is 0 Å². The van der Waals surface area contributed by atoms with Crippen molar-refractivity contribution in [1.29, 1.82) is 0 Å². The maximum atomic E-state index is 10.5. The lowest BCUT2D eigenvalue weighted by molar-refractivity contribution is 0.118. The summed E-state index contributed by atoms with van der Waals surface area (Å²) < 4.78 is 10.5. The van der Waals surface area contributed by atoms with Crippen molar-refractivity contribution in [1.82, 2.24) is 5.32 Å². The first-order chi connectivity index (χ1) is 8.78. The van der Waals surface area contributed by atoms with E-state index < -0.39 is 6.10 Å². The van der Waals surface area contributed by atoms with Gasteiger partial charge >= 0.3 is 0 Å². The monoisotopic (exact) mass is 267 g/mol. The molecule has 0 spiro atoms. The van der Waals surface area contributed by atoms with Crippen LogP contribution in [0.1, 0.15) is 39.4 Å². The quantitative estimate of drug-likeness (QED) is 0.860. The van der Waals surface area contributed by atoms with Crippen LogP contribution >= 0.6 is 0 Å². The number of benzene rings is 1. The highest BCUT2D eigenvalue weighted by Crippen LogP contribution is 2.31. The molecule has 0 saturated carbocycles. The SMILES string of the molecule is COc1ccc(OC)c([C@H](O)[C@H](C)NC(C)(C)C)c1. The summed E-state index contributed by atoms with van der Waals surface area (Å²) in [4.78, 5) is 0. The van der Waals surface area contributed by atoms with Crippen molar-refractivity contribution < 1.29 is 14.6 Å². The van der Waals surface area contributed by atoms with Crippen molar-refractivity contribution in [2.75, 3.05) is 14.2 Å². The Bertz CT molecular complexity index is 412. The van der Waals surface area contributed by atoms with Crippen molar-refractivity contribution in [3.8, 4) is 11.5 Å². The number of rotatable bonds is 5. The number of aliphatic hydroxyl groups excluding tert-OH is 1. The first-order valence-corrected chi connectivity index (χ1v) is 6.46. The zero-order chi connectivity index (χ0) is 14.6. The maximum absolute atomic E-state index is 10.5.